The van der Waals surface area contributed by atoms with Gasteiger partial charge in [-0.05, 0) is 18.8 Å². The maximum absolute atomic E-state index is 12.4. The molecule has 2 rings (SSSR count). The van der Waals surface area contributed by atoms with Gasteiger partial charge in [-0.25, -0.2) is 4.98 Å². The van der Waals surface area contributed by atoms with E-state index in [4.69, 9.17) is 5.73 Å². The minimum Gasteiger partial charge on any atom is -0.361 e. The van der Waals surface area contributed by atoms with Crippen LogP contribution in [0.25, 0.3) is 0 Å². The Bertz CT molecular complexity index is 483. The van der Waals surface area contributed by atoms with E-state index in [1.807, 2.05) is 0 Å². The molecule has 5 heteroatoms. The van der Waals surface area contributed by atoms with Crippen molar-refractivity contribution < 1.29 is 0 Å². The highest BCUT2D eigenvalue weighted by Crippen LogP contribution is 2.18. The molecule has 1 fully saturated rings. The van der Waals surface area contributed by atoms with Crippen LogP contribution in [0.3, 0.4) is 0 Å². The van der Waals surface area contributed by atoms with Crippen molar-refractivity contribution in [1.29, 1.82) is 0 Å². The monoisotopic (exact) mass is 278 g/mol. The number of nitrogens with two attached hydrogens (primary N) is 1. The summed E-state index contributed by atoms with van der Waals surface area (Å²) in [6.07, 6.45) is 9.05. The molecule has 0 radical (unpaired) electrons. The van der Waals surface area contributed by atoms with Crippen molar-refractivity contribution in [2.24, 2.45) is 11.7 Å². The zero-order valence-corrected chi connectivity index (χ0v) is 12.5. The van der Waals surface area contributed by atoms with E-state index in [1.165, 1.54) is 19.3 Å². The number of aromatic nitrogens is 2. The van der Waals surface area contributed by atoms with Crippen molar-refractivity contribution >= 4 is 5.82 Å². The molecule has 1 aromatic heterocycles. The second-order valence-corrected chi connectivity index (χ2v) is 6.18. The average molecular weight is 278 g/mol. The molecule has 1 saturated carbocycles. The van der Waals surface area contributed by atoms with E-state index in [-0.39, 0.29) is 17.6 Å². The molecule has 5 nitrogen and oxygen atoms in total. The zero-order chi connectivity index (χ0) is 14.5. The summed E-state index contributed by atoms with van der Waals surface area (Å²) in [5.41, 5.74) is 6.15. The maximum atomic E-state index is 12.4. The zero-order valence-electron chi connectivity index (χ0n) is 12.5. The van der Waals surface area contributed by atoms with Crippen LogP contribution in [0.4, 0.5) is 5.82 Å². The van der Waals surface area contributed by atoms with E-state index >= 15 is 0 Å². The minimum atomic E-state index is -0.0438. The molecule has 0 aromatic carbocycles. The van der Waals surface area contributed by atoms with Crippen molar-refractivity contribution in [3.8, 4) is 0 Å². The first-order chi connectivity index (χ1) is 9.58. The van der Waals surface area contributed by atoms with Crippen LogP contribution in [0.2, 0.25) is 0 Å². The summed E-state index contributed by atoms with van der Waals surface area (Å²) in [5, 5.41) is 3.28. The van der Waals surface area contributed by atoms with E-state index in [2.05, 4.69) is 24.1 Å². The van der Waals surface area contributed by atoms with Gasteiger partial charge in [-0.3, -0.25) is 4.79 Å². The number of nitrogens with one attached hydrogen (secondary N) is 1. The van der Waals surface area contributed by atoms with Gasteiger partial charge in [0.2, 0.25) is 0 Å². The van der Waals surface area contributed by atoms with Crippen LogP contribution in [0.1, 0.15) is 46.0 Å². The molecule has 1 heterocycles. The summed E-state index contributed by atoms with van der Waals surface area (Å²) in [7, 11) is 0. The van der Waals surface area contributed by atoms with Gasteiger partial charge in [-0.2, -0.15) is 0 Å². The number of anilines is 1. The fraction of sp³-hybridized carbons (Fsp3) is 0.733. The summed E-state index contributed by atoms with van der Waals surface area (Å²) < 4.78 is 1.72. The molecule has 2 unspecified atom stereocenters. The standard InChI is InChI=1S/C15H26N4O/c1-11(2)10-19-9-8-17-14(15(19)20)18-13-7-5-3-4-6-12(13)16/h8-9,11-13H,3-7,10,16H2,1-2H3,(H,17,18). The van der Waals surface area contributed by atoms with E-state index in [0.29, 0.717) is 18.3 Å². The Morgan fingerprint density at radius 2 is 2.15 bits per heavy atom. The predicted molar refractivity (Wildman–Crippen MR) is 81.8 cm³/mol. The van der Waals surface area contributed by atoms with Crippen LogP contribution < -0.4 is 16.6 Å². The van der Waals surface area contributed by atoms with Crippen LogP contribution >= 0.6 is 0 Å². The van der Waals surface area contributed by atoms with E-state index in [9.17, 15) is 4.79 Å². The molecular weight excluding hydrogens is 252 g/mol. The smallest absolute Gasteiger partial charge is 0.293 e. The molecule has 0 amide bonds. The lowest BCUT2D eigenvalue weighted by atomic mass is 10.0. The second kappa shape index (κ2) is 6.88. The van der Waals surface area contributed by atoms with Crippen LogP contribution in [0.5, 0.6) is 0 Å². The fourth-order valence-electron chi connectivity index (χ4n) is 2.77. The van der Waals surface area contributed by atoms with Gasteiger partial charge in [0, 0.05) is 31.0 Å². The molecule has 2 atom stereocenters. The number of nitrogens with zero attached hydrogens (tertiary/aromatic N) is 2. The SMILES string of the molecule is CC(C)Cn1ccnc(NC2CCCCCC2N)c1=O. The van der Waals surface area contributed by atoms with E-state index in [0.717, 1.165) is 12.8 Å². The van der Waals surface area contributed by atoms with Gasteiger partial charge in [0.05, 0.1) is 0 Å². The summed E-state index contributed by atoms with van der Waals surface area (Å²) in [6, 6.07) is 0.269. The summed E-state index contributed by atoms with van der Waals surface area (Å²) in [5.74, 6) is 0.874. The lowest BCUT2D eigenvalue weighted by Gasteiger charge is -2.23. The molecular formula is C15H26N4O. The molecule has 0 aliphatic heterocycles. The highest BCUT2D eigenvalue weighted by atomic mass is 16.1. The number of hydrogen-bond donors (Lipinski definition) is 2. The summed E-state index contributed by atoms with van der Waals surface area (Å²) >= 11 is 0. The molecule has 1 aliphatic carbocycles. The van der Waals surface area contributed by atoms with Gasteiger partial charge in [-0.15, -0.1) is 0 Å². The molecule has 20 heavy (non-hydrogen) atoms. The normalized spacial score (nSPS) is 23.6. The van der Waals surface area contributed by atoms with E-state index < -0.39 is 0 Å². The Balaban J connectivity index is 2.14. The Morgan fingerprint density at radius 1 is 1.40 bits per heavy atom. The Hall–Kier alpha value is -1.36. The third kappa shape index (κ3) is 3.82. The largest absolute Gasteiger partial charge is 0.361 e. The highest BCUT2D eigenvalue weighted by molar-refractivity contribution is 5.33. The van der Waals surface area contributed by atoms with Gasteiger partial charge in [0.15, 0.2) is 5.82 Å². The van der Waals surface area contributed by atoms with Crippen LogP contribution in [-0.4, -0.2) is 21.6 Å². The predicted octanol–water partition coefficient (Wildman–Crippen LogP) is 1.97. The topological polar surface area (TPSA) is 72.9 Å². The molecule has 0 spiro atoms. The third-order valence-corrected chi connectivity index (χ3v) is 3.87. The van der Waals surface area contributed by atoms with Crippen molar-refractivity contribution in [1.82, 2.24) is 9.55 Å². The highest BCUT2D eigenvalue weighted by Gasteiger charge is 2.21. The van der Waals surface area contributed by atoms with Crippen LogP contribution in [-0.2, 0) is 6.54 Å². The number of rotatable bonds is 4. The van der Waals surface area contributed by atoms with Gasteiger partial charge in [0.25, 0.3) is 5.56 Å². The Labute approximate surface area is 120 Å². The van der Waals surface area contributed by atoms with Gasteiger partial charge < -0.3 is 15.6 Å². The first-order valence-corrected chi connectivity index (χ1v) is 7.65. The lowest BCUT2D eigenvalue weighted by molar-refractivity contribution is 0.504. The summed E-state index contributed by atoms with van der Waals surface area (Å²) in [6.45, 7) is 4.91. The van der Waals surface area contributed by atoms with Crippen molar-refractivity contribution in [2.45, 2.75) is 64.6 Å². The van der Waals surface area contributed by atoms with Crippen LogP contribution in [0.15, 0.2) is 17.2 Å². The van der Waals surface area contributed by atoms with Crippen LogP contribution in [0, 0.1) is 5.92 Å². The van der Waals surface area contributed by atoms with Gasteiger partial charge in [-0.1, -0.05) is 33.1 Å². The van der Waals surface area contributed by atoms with E-state index in [1.54, 1.807) is 17.0 Å². The first kappa shape index (κ1) is 15.0. The molecule has 1 aliphatic rings. The molecule has 0 bridgehead atoms. The number of hydrogen-bond acceptors (Lipinski definition) is 4. The molecule has 1 aromatic rings. The Morgan fingerprint density at radius 3 is 2.90 bits per heavy atom. The first-order valence-electron chi connectivity index (χ1n) is 7.65. The van der Waals surface area contributed by atoms with Gasteiger partial charge >= 0.3 is 0 Å². The molecule has 3 N–H and O–H groups in total. The molecule has 0 saturated heterocycles. The second-order valence-electron chi connectivity index (χ2n) is 6.18. The third-order valence-electron chi connectivity index (χ3n) is 3.87. The van der Waals surface area contributed by atoms with Crippen molar-refractivity contribution in [2.75, 3.05) is 5.32 Å². The quantitative estimate of drug-likeness (QED) is 0.826. The molecule has 112 valence electrons. The maximum Gasteiger partial charge on any atom is 0.293 e. The average Bonchev–Trinajstić information content (AvgIpc) is 2.59. The fourth-order valence-corrected chi connectivity index (χ4v) is 2.77. The van der Waals surface area contributed by atoms with Crippen molar-refractivity contribution in [3.63, 3.8) is 0 Å². The van der Waals surface area contributed by atoms with Gasteiger partial charge in [0.1, 0.15) is 0 Å². The lowest BCUT2D eigenvalue weighted by Crippen LogP contribution is -2.41. The van der Waals surface area contributed by atoms with Crippen molar-refractivity contribution in [3.05, 3.63) is 22.7 Å². The minimum absolute atomic E-state index is 0.0438. The summed E-state index contributed by atoms with van der Waals surface area (Å²) in [4.78, 5) is 16.6. The Kier molecular flexibility index (Phi) is 5.17.